The summed E-state index contributed by atoms with van der Waals surface area (Å²) >= 11 is 0. The van der Waals surface area contributed by atoms with Crippen LogP contribution in [0.1, 0.15) is 12.0 Å². The Morgan fingerprint density at radius 2 is 1.71 bits per heavy atom. The average Bonchev–Trinajstić information content (AvgIpc) is 3.35. The number of aliphatic imine (C=N–C) groups is 1. The largest absolute Gasteiger partial charge is 0.355 e. The summed E-state index contributed by atoms with van der Waals surface area (Å²) in [7, 11) is 1.65. The molecule has 0 radical (unpaired) electrons. The number of allylic oxidation sites excluding steroid dienone is 2. The molecule has 2 N–H and O–H groups in total. The molecular weight excluding hydrogens is 474 g/mol. The van der Waals surface area contributed by atoms with E-state index in [0.29, 0.717) is 25.6 Å². The molecule has 2 bridgehead atoms. The first kappa shape index (κ1) is 20.8. The summed E-state index contributed by atoms with van der Waals surface area (Å²) in [5.41, 5.74) is 0.931. The lowest BCUT2D eigenvalue weighted by Gasteiger charge is -2.18. The van der Waals surface area contributed by atoms with E-state index < -0.39 is 0 Å². The molecule has 0 spiro atoms. The number of benzene rings is 1. The third-order valence-corrected chi connectivity index (χ3v) is 5.79. The molecule has 4 atom stereocenters. The van der Waals surface area contributed by atoms with Gasteiger partial charge in [-0.25, -0.2) is 4.39 Å². The van der Waals surface area contributed by atoms with Crippen LogP contribution in [0.5, 0.6) is 0 Å². The maximum absolute atomic E-state index is 12.9. The Morgan fingerprint density at radius 1 is 1.11 bits per heavy atom. The molecule has 8 heteroatoms. The van der Waals surface area contributed by atoms with E-state index in [9.17, 15) is 14.0 Å². The predicted molar refractivity (Wildman–Crippen MR) is 114 cm³/mol. The number of nitrogens with zero attached hydrogens (tertiary/aromatic N) is 2. The van der Waals surface area contributed by atoms with Gasteiger partial charge in [-0.2, -0.15) is 0 Å². The summed E-state index contributed by atoms with van der Waals surface area (Å²) in [6.45, 7) is 1.27. The quantitative estimate of drug-likeness (QED) is 0.214. The van der Waals surface area contributed by atoms with Crippen LogP contribution in [-0.2, 0) is 16.1 Å². The van der Waals surface area contributed by atoms with Crippen molar-refractivity contribution in [2.45, 2.75) is 13.0 Å². The van der Waals surface area contributed by atoms with Crippen LogP contribution in [0.15, 0.2) is 41.4 Å². The monoisotopic (exact) mass is 498 g/mol. The first-order valence-electron chi connectivity index (χ1n) is 9.31. The third-order valence-electron chi connectivity index (χ3n) is 5.79. The number of hydrogen-bond donors (Lipinski definition) is 2. The third kappa shape index (κ3) is 3.78. The minimum absolute atomic E-state index is 0. The van der Waals surface area contributed by atoms with E-state index in [2.05, 4.69) is 27.8 Å². The van der Waals surface area contributed by atoms with Gasteiger partial charge in [0.05, 0.1) is 11.8 Å². The summed E-state index contributed by atoms with van der Waals surface area (Å²) in [5.74, 6) is 0.414. The fourth-order valence-corrected chi connectivity index (χ4v) is 4.48. The smallest absolute Gasteiger partial charge is 0.233 e. The normalized spacial score (nSPS) is 27.8. The Morgan fingerprint density at radius 3 is 2.29 bits per heavy atom. The van der Waals surface area contributed by atoms with Crippen molar-refractivity contribution in [2.75, 3.05) is 20.1 Å². The zero-order valence-electron chi connectivity index (χ0n) is 15.6. The second-order valence-corrected chi connectivity index (χ2v) is 7.31. The van der Waals surface area contributed by atoms with Crippen LogP contribution >= 0.6 is 24.0 Å². The number of likely N-dealkylation sites (tertiary alicyclic amines) is 1. The minimum atomic E-state index is -0.269. The molecule has 1 aromatic rings. The number of halogens is 2. The Hall–Kier alpha value is -1.97. The summed E-state index contributed by atoms with van der Waals surface area (Å²) < 4.78 is 12.9. The Balaban J connectivity index is 0.00000225. The SMILES string of the molecule is CN=C(NCCN1C(=O)C2C3C=CC(C3)C2C1=O)NCc1ccc(F)cc1.I. The van der Waals surface area contributed by atoms with Gasteiger partial charge in [0, 0.05) is 26.7 Å². The number of nitrogens with one attached hydrogen (secondary N) is 2. The van der Waals surface area contributed by atoms with Crippen LogP contribution < -0.4 is 10.6 Å². The molecule has 6 nitrogen and oxygen atoms in total. The lowest BCUT2D eigenvalue weighted by Crippen LogP contribution is -2.43. The van der Waals surface area contributed by atoms with Gasteiger partial charge in [0.15, 0.2) is 5.96 Å². The molecule has 1 saturated heterocycles. The molecule has 1 aromatic carbocycles. The molecule has 3 aliphatic rings. The molecule has 150 valence electrons. The van der Waals surface area contributed by atoms with Crippen LogP contribution in [0, 0.1) is 29.5 Å². The molecule has 28 heavy (non-hydrogen) atoms. The van der Waals surface area contributed by atoms with Crippen molar-refractivity contribution < 1.29 is 14.0 Å². The molecule has 0 aromatic heterocycles. The van der Waals surface area contributed by atoms with Crippen molar-refractivity contribution >= 4 is 41.8 Å². The first-order chi connectivity index (χ1) is 13.1. The van der Waals surface area contributed by atoms with E-state index in [4.69, 9.17) is 0 Å². The number of guanidine groups is 1. The number of hydrogen-bond acceptors (Lipinski definition) is 3. The highest BCUT2D eigenvalue weighted by Crippen LogP contribution is 2.52. The van der Waals surface area contributed by atoms with Gasteiger partial charge < -0.3 is 10.6 Å². The van der Waals surface area contributed by atoms with E-state index >= 15 is 0 Å². The predicted octanol–water partition coefficient (Wildman–Crippen LogP) is 1.92. The molecule has 1 saturated carbocycles. The van der Waals surface area contributed by atoms with E-state index in [1.165, 1.54) is 17.0 Å². The fraction of sp³-hybridized carbons (Fsp3) is 0.450. The Bertz CT molecular complexity index is 781. The summed E-state index contributed by atoms with van der Waals surface area (Å²) in [5, 5.41) is 6.26. The van der Waals surface area contributed by atoms with E-state index in [1.807, 2.05) is 0 Å². The van der Waals surface area contributed by atoms with Crippen molar-refractivity contribution in [3.8, 4) is 0 Å². The molecule has 4 rings (SSSR count). The van der Waals surface area contributed by atoms with Gasteiger partial charge in [0.1, 0.15) is 5.82 Å². The Kier molecular flexibility index (Phi) is 6.36. The fourth-order valence-electron chi connectivity index (χ4n) is 4.48. The molecule has 2 aliphatic carbocycles. The van der Waals surface area contributed by atoms with Gasteiger partial charge in [-0.05, 0) is 36.0 Å². The topological polar surface area (TPSA) is 73.8 Å². The second-order valence-electron chi connectivity index (χ2n) is 7.31. The lowest BCUT2D eigenvalue weighted by atomic mass is 9.85. The van der Waals surface area contributed by atoms with Crippen molar-refractivity contribution in [1.82, 2.24) is 15.5 Å². The number of carbonyl (C=O) groups is 2. The maximum Gasteiger partial charge on any atom is 0.233 e. The number of fused-ring (bicyclic) bond motifs is 5. The summed E-state index contributed by atoms with van der Waals surface area (Å²) in [6, 6.07) is 6.24. The van der Waals surface area contributed by atoms with Crippen molar-refractivity contribution in [2.24, 2.45) is 28.7 Å². The van der Waals surface area contributed by atoms with E-state index in [-0.39, 0.29) is 65.3 Å². The van der Waals surface area contributed by atoms with Crippen LogP contribution in [0.3, 0.4) is 0 Å². The number of amides is 2. The molecule has 4 unspecified atom stereocenters. The zero-order chi connectivity index (χ0) is 19.0. The average molecular weight is 498 g/mol. The lowest BCUT2D eigenvalue weighted by molar-refractivity contribution is -0.140. The van der Waals surface area contributed by atoms with Crippen molar-refractivity contribution in [3.63, 3.8) is 0 Å². The van der Waals surface area contributed by atoms with Crippen molar-refractivity contribution in [3.05, 3.63) is 47.8 Å². The zero-order valence-corrected chi connectivity index (χ0v) is 17.9. The van der Waals surface area contributed by atoms with Crippen LogP contribution in [-0.4, -0.2) is 42.8 Å². The molecular formula is C20H24FIN4O2. The van der Waals surface area contributed by atoms with Crippen molar-refractivity contribution in [1.29, 1.82) is 0 Å². The molecule has 1 heterocycles. The molecule has 2 amide bonds. The number of rotatable bonds is 5. The van der Waals surface area contributed by atoms with Gasteiger partial charge in [0.2, 0.25) is 11.8 Å². The van der Waals surface area contributed by atoms with Gasteiger partial charge in [-0.1, -0.05) is 24.3 Å². The van der Waals surface area contributed by atoms with Gasteiger partial charge in [0.25, 0.3) is 0 Å². The van der Waals surface area contributed by atoms with Crippen LogP contribution in [0.4, 0.5) is 4.39 Å². The highest BCUT2D eigenvalue weighted by atomic mass is 127. The van der Waals surface area contributed by atoms with E-state index in [1.54, 1.807) is 19.2 Å². The van der Waals surface area contributed by atoms with Crippen LogP contribution in [0.25, 0.3) is 0 Å². The van der Waals surface area contributed by atoms with E-state index in [0.717, 1.165) is 12.0 Å². The standard InChI is InChI=1S/C20H23FN4O2.HI/c1-22-20(24-11-12-2-6-15(21)7-3-12)23-8-9-25-18(26)16-13-4-5-14(10-13)17(16)19(25)27;/h2-7,13-14,16-17H,8-11H2,1H3,(H2,22,23,24);1H. The summed E-state index contributed by atoms with van der Waals surface area (Å²) in [4.78, 5) is 30.8. The van der Waals surface area contributed by atoms with Gasteiger partial charge >= 0.3 is 0 Å². The van der Waals surface area contributed by atoms with Crippen LogP contribution in [0.2, 0.25) is 0 Å². The summed E-state index contributed by atoms with van der Waals surface area (Å²) in [6.07, 6.45) is 5.14. The maximum atomic E-state index is 12.9. The van der Waals surface area contributed by atoms with Gasteiger partial charge in [-0.15, -0.1) is 24.0 Å². The second kappa shape index (κ2) is 8.59. The number of carbonyl (C=O) groups excluding carboxylic acids is 2. The Labute approximate surface area is 180 Å². The highest BCUT2D eigenvalue weighted by Gasteiger charge is 2.58. The minimum Gasteiger partial charge on any atom is -0.355 e. The molecule has 1 aliphatic heterocycles. The highest BCUT2D eigenvalue weighted by molar-refractivity contribution is 14.0. The molecule has 2 fully saturated rings. The first-order valence-corrected chi connectivity index (χ1v) is 9.31. The van der Waals surface area contributed by atoms with Gasteiger partial charge in [-0.3, -0.25) is 19.5 Å². The number of imide groups is 1.